The fourth-order valence-electron chi connectivity index (χ4n) is 4.53. The van der Waals surface area contributed by atoms with Crippen LogP contribution in [0.5, 0.6) is 11.5 Å². The Hall–Kier alpha value is -4.30. The molecule has 39 heavy (non-hydrogen) atoms. The number of carbonyl (C=O) groups excluding carboxylic acids is 2. The van der Waals surface area contributed by atoms with E-state index in [1.54, 1.807) is 53.4 Å². The van der Waals surface area contributed by atoms with Crippen molar-refractivity contribution in [2.45, 2.75) is 12.3 Å². The number of rotatable bonds is 6. The van der Waals surface area contributed by atoms with Crippen molar-refractivity contribution in [2.75, 3.05) is 30.3 Å². The molecule has 1 aromatic heterocycles. The Labute approximate surface area is 233 Å². The number of aliphatic hydroxyl groups is 1. The largest absolute Gasteiger partial charge is 0.453 e. The number of para-hydroxylation sites is 1. The van der Waals surface area contributed by atoms with E-state index in [4.69, 9.17) is 38.8 Å². The maximum absolute atomic E-state index is 13.1. The van der Waals surface area contributed by atoms with Gasteiger partial charge in [0, 0.05) is 36.5 Å². The molecule has 198 valence electrons. The van der Waals surface area contributed by atoms with E-state index in [9.17, 15) is 14.9 Å². The minimum atomic E-state index is -0.518. The molecule has 1 aliphatic heterocycles. The number of fused-ring (bicyclic) bond motifs is 1. The van der Waals surface area contributed by atoms with E-state index >= 15 is 0 Å². The van der Waals surface area contributed by atoms with Gasteiger partial charge < -0.3 is 25.8 Å². The number of ether oxygens (including phenoxy) is 1. The van der Waals surface area contributed by atoms with Crippen molar-refractivity contribution in [2.24, 2.45) is 0 Å². The number of hydrogen-bond acceptors (Lipinski definition) is 7. The number of amides is 2. The van der Waals surface area contributed by atoms with Crippen molar-refractivity contribution in [1.29, 1.82) is 5.26 Å². The van der Waals surface area contributed by atoms with Crippen LogP contribution in [0, 0.1) is 11.3 Å². The molecule has 0 aliphatic carbocycles. The Morgan fingerprint density at radius 1 is 1.21 bits per heavy atom. The number of halogens is 2. The lowest BCUT2D eigenvalue weighted by Crippen LogP contribution is -2.31. The van der Waals surface area contributed by atoms with Crippen LogP contribution in [0.2, 0.25) is 10.0 Å². The lowest BCUT2D eigenvalue weighted by atomic mass is 9.98. The first-order valence-electron chi connectivity index (χ1n) is 11.9. The van der Waals surface area contributed by atoms with Crippen LogP contribution in [0.1, 0.15) is 23.5 Å². The molecule has 0 saturated carbocycles. The molecule has 1 fully saturated rings. The van der Waals surface area contributed by atoms with Gasteiger partial charge >= 0.3 is 6.03 Å². The number of nitriles is 1. The van der Waals surface area contributed by atoms with E-state index in [-0.39, 0.29) is 53.6 Å². The van der Waals surface area contributed by atoms with Gasteiger partial charge in [-0.3, -0.25) is 4.79 Å². The smallest absolute Gasteiger partial charge is 0.342 e. The number of nitrogens with zero attached hydrogens (tertiary/aromatic N) is 4. The van der Waals surface area contributed by atoms with Crippen molar-refractivity contribution >= 4 is 57.5 Å². The third-order valence-corrected chi connectivity index (χ3v) is 7.05. The van der Waals surface area contributed by atoms with Crippen molar-refractivity contribution < 1.29 is 19.4 Å². The highest BCUT2D eigenvalue weighted by atomic mass is 35.5. The monoisotopic (exact) mass is 564 g/mol. The first kappa shape index (κ1) is 26.3. The van der Waals surface area contributed by atoms with Crippen LogP contribution in [-0.4, -0.2) is 46.5 Å². The highest BCUT2D eigenvalue weighted by molar-refractivity contribution is 6.33. The second-order valence-corrected chi connectivity index (χ2v) is 9.69. The Morgan fingerprint density at radius 2 is 2.03 bits per heavy atom. The minimum absolute atomic E-state index is 0.0805. The second kappa shape index (κ2) is 10.8. The van der Waals surface area contributed by atoms with Gasteiger partial charge in [0.05, 0.1) is 27.7 Å². The molecule has 0 radical (unpaired) electrons. The van der Waals surface area contributed by atoms with Crippen LogP contribution in [0.15, 0.2) is 54.6 Å². The zero-order valence-corrected chi connectivity index (χ0v) is 21.9. The predicted octanol–water partition coefficient (Wildman–Crippen LogP) is 4.66. The average Bonchev–Trinajstić information content (AvgIpc) is 3.49. The van der Waals surface area contributed by atoms with Crippen LogP contribution in [-0.2, 0) is 4.79 Å². The number of benzene rings is 3. The number of nitrogens with two attached hydrogens (primary N) is 1. The van der Waals surface area contributed by atoms with E-state index in [0.717, 1.165) is 10.2 Å². The molecular formula is C27H22Cl2N6O4. The third kappa shape index (κ3) is 5.07. The average molecular weight is 565 g/mol. The second-order valence-electron chi connectivity index (χ2n) is 8.88. The summed E-state index contributed by atoms with van der Waals surface area (Å²) in [7, 11) is 0. The number of hydrogen-bond donors (Lipinski definition) is 3. The maximum atomic E-state index is 13.1. The SMILES string of the molecule is N#Cc1cccc(Cl)c1Oc1cc([C@H]2CC(=O)N(c3ccc4c(c3)c(N)nn4C(=O)NCCO)C2)ccc1Cl. The highest BCUT2D eigenvalue weighted by Crippen LogP contribution is 2.40. The number of aromatic nitrogens is 2. The Kier molecular flexibility index (Phi) is 7.30. The van der Waals surface area contributed by atoms with E-state index < -0.39 is 6.03 Å². The van der Waals surface area contributed by atoms with Gasteiger partial charge in [-0.1, -0.05) is 35.3 Å². The fourth-order valence-corrected chi connectivity index (χ4v) is 4.90. The molecule has 5 rings (SSSR count). The molecule has 0 spiro atoms. The Bertz CT molecular complexity index is 1650. The minimum Gasteiger partial charge on any atom is -0.453 e. The molecule has 12 heteroatoms. The van der Waals surface area contributed by atoms with Crippen LogP contribution in [0.3, 0.4) is 0 Å². The summed E-state index contributed by atoms with van der Waals surface area (Å²) in [5.41, 5.74) is 8.28. The van der Waals surface area contributed by atoms with Gasteiger partial charge in [0.15, 0.2) is 11.6 Å². The van der Waals surface area contributed by atoms with Gasteiger partial charge in [-0.05, 0) is 48.0 Å². The summed E-state index contributed by atoms with van der Waals surface area (Å²) in [6, 6.07) is 16.8. The summed E-state index contributed by atoms with van der Waals surface area (Å²) >= 11 is 12.6. The van der Waals surface area contributed by atoms with E-state index in [2.05, 4.69) is 16.5 Å². The van der Waals surface area contributed by atoms with Crippen LogP contribution >= 0.6 is 23.2 Å². The van der Waals surface area contributed by atoms with Gasteiger partial charge in [-0.2, -0.15) is 9.94 Å². The summed E-state index contributed by atoms with van der Waals surface area (Å²) in [5, 5.41) is 26.2. The molecule has 1 atom stereocenters. The zero-order valence-electron chi connectivity index (χ0n) is 20.4. The van der Waals surface area contributed by atoms with Gasteiger partial charge in [0.2, 0.25) is 5.91 Å². The summed E-state index contributed by atoms with van der Waals surface area (Å²) in [4.78, 5) is 27.1. The highest BCUT2D eigenvalue weighted by Gasteiger charge is 2.32. The molecule has 0 unspecified atom stereocenters. The summed E-state index contributed by atoms with van der Waals surface area (Å²) in [6.45, 7) is 0.272. The van der Waals surface area contributed by atoms with Gasteiger partial charge in [0.1, 0.15) is 11.8 Å². The molecule has 4 aromatic rings. The van der Waals surface area contributed by atoms with Crippen LogP contribution < -0.4 is 20.7 Å². The van der Waals surface area contributed by atoms with E-state index in [0.29, 0.717) is 33.9 Å². The quantitative estimate of drug-likeness (QED) is 0.308. The van der Waals surface area contributed by atoms with Crippen molar-refractivity contribution in [3.8, 4) is 17.6 Å². The number of aliphatic hydroxyl groups excluding tert-OH is 1. The lowest BCUT2D eigenvalue weighted by molar-refractivity contribution is -0.117. The number of anilines is 2. The summed E-state index contributed by atoms with van der Waals surface area (Å²) in [6.07, 6.45) is 0.257. The number of nitrogens with one attached hydrogen (secondary N) is 1. The van der Waals surface area contributed by atoms with Crippen molar-refractivity contribution in [1.82, 2.24) is 15.1 Å². The third-order valence-electron chi connectivity index (χ3n) is 6.44. The molecule has 1 saturated heterocycles. The van der Waals surface area contributed by atoms with E-state index in [1.807, 2.05) is 6.07 Å². The molecule has 2 amide bonds. The molecule has 2 heterocycles. The fraction of sp³-hybridized carbons (Fsp3) is 0.185. The predicted molar refractivity (Wildman–Crippen MR) is 147 cm³/mol. The van der Waals surface area contributed by atoms with Crippen LogP contribution in [0.4, 0.5) is 16.3 Å². The first-order valence-corrected chi connectivity index (χ1v) is 12.7. The van der Waals surface area contributed by atoms with Gasteiger partial charge in [0.25, 0.3) is 0 Å². The molecule has 10 nitrogen and oxygen atoms in total. The van der Waals surface area contributed by atoms with Gasteiger partial charge in [-0.15, -0.1) is 5.10 Å². The topological polar surface area (TPSA) is 146 Å². The summed E-state index contributed by atoms with van der Waals surface area (Å²) in [5.74, 6) is 0.442. The van der Waals surface area contributed by atoms with Crippen molar-refractivity contribution in [3.63, 3.8) is 0 Å². The molecule has 0 bridgehead atoms. The standard InChI is InChI=1S/C27H22Cl2N6O4/c28-20-6-4-15(10-23(20)39-25-16(13-30)2-1-3-21(25)29)17-11-24(37)34(14-17)18-5-7-22-19(12-18)26(31)33-35(22)27(38)32-8-9-36/h1-7,10,12,17,36H,8-9,11,14H2,(H2,31,33)(H,32,38)/t17-/m0/s1. The molecule has 3 aromatic carbocycles. The van der Waals surface area contributed by atoms with Gasteiger partial charge in [-0.25, -0.2) is 4.79 Å². The van der Waals surface area contributed by atoms with Crippen molar-refractivity contribution in [3.05, 3.63) is 75.8 Å². The Morgan fingerprint density at radius 3 is 2.79 bits per heavy atom. The molecular weight excluding hydrogens is 543 g/mol. The van der Waals surface area contributed by atoms with E-state index in [1.165, 1.54) is 0 Å². The zero-order chi connectivity index (χ0) is 27.7. The first-order chi connectivity index (χ1) is 18.8. The number of carbonyl (C=O) groups is 2. The van der Waals surface area contributed by atoms with Crippen LogP contribution in [0.25, 0.3) is 10.9 Å². The number of nitrogen functional groups attached to an aromatic ring is 1. The molecule has 4 N–H and O–H groups in total. The molecule has 1 aliphatic rings. The lowest BCUT2D eigenvalue weighted by Gasteiger charge is -2.18. The maximum Gasteiger partial charge on any atom is 0.342 e. The summed E-state index contributed by atoms with van der Waals surface area (Å²) < 4.78 is 7.08. The Balaban J connectivity index is 1.40. The normalized spacial score (nSPS) is 15.0.